The summed E-state index contributed by atoms with van der Waals surface area (Å²) < 4.78 is 33.1. The van der Waals surface area contributed by atoms with Gasteiger partial charge in [0.1, 0.15) is 22.9 Å². The molecule has 8 heteroatoms. The van der Waals surface area contributed by atoms with Crippen LogP contribution in [0.3, 0.4) is 0 Å². The minimum atomic E-state index is -0.932. The molecule has 0 saturated carbocycles. The van der Waals surface area contributed by atoms with E-state index in [9.17, 15) is 18.4 Å². The maximum Gasteiger partial charge on any atom is 0.324 e. The number of urea groups is 1. The maximum absolute atomic E-state index is 13.8. The summed E-state index contributed by atoms with van der Waals surface area (Å²) in [5.41, 5.74) is 1.31. The Labute approximate surface area is 190 Å². The molecule has 1 aliphatic heterocycles. The van der Waals surface area contributed by atoms with Crippen LogP contribution in [0.15, 0.2) is 66.7 Å². The van der Waals surface area contributed by atoms with E-state index in [0.717, 1.165) is 29.9 Å². The number of nitrogens with zero attached hydrogens (tertiary/aromatic N) is 2. The number of hydrogen-bond donors (Lipinski definition) is 1. The van der Waals surface area contributed by atoms with Gasteiger partial charge in [0.25, 0.3) is 5.91 Å². The van der Waals surface area contributed by atoms with Crippen molar-refractivity contribution in [1.82, 2.24) is 4.90 Å². The summed E-state index contributed by atoms with van der Waals surface area (Å²) in [7, 11) is 1.60. The van der Waals surface area contributed by atoms with E-state index in [2.05, 4.69) is 5.32 Å². The fourth-order valence-electron chi connectivity index (χ4n) is 3.84. The molecule has 1 saturated heterocycles. The zero-order valence-electron chi connectivity index (χ0n) is 18.1. The van der Waals surface area contributed by atoms with Crippen molar-refractivity contribution in [3.05, 3.63) is 89.5 Å². The average Bonchev–Trinajstić information content (AvgIpc) is 2.81. The van der Waals surface area contributed by atoms with Crippen LogP contribution >= 0.6 is 0 Å². The lowest BCUT2D eigenvalue weighted by molar-refractivity contribution is 0.101. The fourth-order valence-corrected chi connectivity index (χ4v) is 3.84. The maximum atomic E-state index is 13.8. The molecule has 4 rings (SSSR count). The lowest BCUT2D eigenvalue weighted by Gasteiger charge is -2.36. The van der Waals surface area contributed by atoms with Crippen LogP contribution in [0.2, 0.25) is 0 Å². The highest BCUT2D eigenvalue weighted by atomic mass is 19.1. The first-order valence-electron chi connectivity index (χ1n) is 10.5. The van der Waals surface area contributed by atoms with Crippen molar-refractivity contribution in [3.8, 4) is 5.75 Å². The van der Waals surface area contributed by atoms with Crippen LogP contribution < -0.4 is 15.0 Å². The van der Waals surface area contributed by atoms with Crippen LogP contribution in [0, 0.1) is 11.6 Å². The summed E-state index contributed by atoms with van der Waals surface area (Å²) >= 11 is 0. The number of carbonyl (C=O) groups excluding carboxylic acids is 2. The zero-order valence-corrected chi connectivity index (χ0v) is 18.1. The van der Waals surface area contributed by atoms with Crippen molar-refractivity contribution in [2.24, 2.45) is 0 Å². The van der Waals surface area contributed by atoms with Crippen LogP contribution in [-0.4, -0.2) is 37.0 Å². The predicted octanol–water partition coefficient (Wildman–Crippen LogP) is 5.06. The Morgan fingerprint density at radius 2 is 1.67 bits per heavy atom. The van der Waals surface area contributed by atoms with Gasteiger partial charge in [0, 0.05) is 30.0 Å². The summed E-state index contributed by atoms with van der Waals surface area (Å²) in [6, 6.07) is 17.3. The Kier molecular flexibility index (Phi) is 6.53. The first kappa shape index (κ1) is 22.3. The van der Waals surface area contributed by atoms with Gasteiger partial charge in [0.2, 0.25) is 0 Å². The molecule has 1 aliphatic rings. The number of ether oxygens (including phenoxy) is 1. The number of rotatable bonds is 6. The van der Waals surface area contributed by atoms with Gasteiger partial charge in [-0.05, 0) is 48.9 Å². The Balaban J connectivity index is 1.46. The molecule has 1 N–H and O–H groups in total. The fraction of sp³-hybridized carbons (Fsp3) is 0.200. The lowest BCUT2D eigenvalue weighted by atomic mass is 10.1. The Morgan fingerprint density at radius 3 is 2.36 bits per heavy atom. The number of anilines is 2. The zero-order chi connectivity index (χ0) is 23.4. The van der Waals surface area contributed by atoms with Crippen LogP contribution in [0.5, 0.6) is 5.75 Å². The third kappa shape index (κ3) is 4.79. The molecule has 0 radical (unpaired) electrons. The summed E-state index contributed by atoms with van der Waals surface area (Å²) in [6.07, 6.45) is 0.798. The normalized spacial score (nSPS) is 13.7. The highest BCUT2D eigenvalue weighted by Crippen LogP contribution is 2.26. The van der Waals surface area contributed by atoms with Gasteiger partial charge in [0.15, 0.2) is 0 Å². The molecular formula is C25H23F2N3O3. The second kappa shape index (κ2) is 9.68. The lowest BCUT2D eigenvalue weighted by Crippen LogP contribution is -2.49. The Bertz CT molecular complexity index is 1150. The summed E-state index contributed by atoms with van der Waals surface area (Å²) in [4.78, 5) is 28.8. The summed E-state index contributed by atoms with van der Waals surface area (Å²) in [6.45, 7) is 1.63. The van der Waals surface area contributed by atoms with Crippen LogP contribution in [-0.2, 0) is 6.54 Å². The molecule has 1 fully saturated rings. The van der Waals surface area contributed by atoms with Gasteiger partial charge in [0.05, 0.1) is 13.7 Å². The van der Waals surface area contributed by atoms with Gasteiger partial charge in [-0.15, -0.1) is 0 Å². The van der Waals surface area contributed by atoms with Crippen molar-refractivity contribution in [3.63, 3.8) is 0 Å². The number of benzene rings is 3. The second-order valence-electron chi connectivity index (χ2n) is 7.62. The van der Waals surface area contributed by atoms with Gasteiger partial charge in [-0.25, -0.2) is 13.6 Å². The molecule has 0 atom stereocenters. The minimum absolute atomic E-state index is 0.127. The number of hydrogen-bond acceptors (Lipinski definition) is 3. The van der Waals surface area contributed by atoms with Gasteiger partial charge in [-0.2, -0.15) is 0 Å². The molecule has 6 nitrogen and oxygen atoms in total. The molecule has 0 bridgehead atoms. The van der Waals surface area contributed by atoms with E-state index in [1.807, 2.05) is 24.3 Å². The average molecular weight is 451 g/mol. The van der Waals surface area contributed by atoms with E-state index in [4.69, 9.17) is 4.74 Å². The van der Waals surface area contributed by atoms with Crippen molar-refractivity contribution >= 4 is 23.3 Å². The molecule has 1 heterocycles. The van der Waals surface area contributed by atoms with E-state index in [0.29, 0.717) is 31.0 Å². The van der Waals surface area contributed by atoms with E-state index in [1.165, 1.54) is 6.07 Å². The third-order valence-electron chi connectivity index (χ3n) is 5.49. The molecule has 3 aromatic rings. The number of methoxy groups -OCH3 is 1. The molecule has 3 aromatic carbocycles. The molecule has 3 amide bonds. The number of amides is 3. The van der Waals surface area contributed by atoms with E-state index in [-0.39, 0.29) is 6.03 Å². The van der Waals surface area contributed by atoms with Gasteiger partial charge < -0.3 is 15.0 Å². The van der Waals surface area contributed by atoms with E-state index in [1.54, 1.807) is 41.2 Å². The molecule has 0 aromatic heterocycles. The standard InChI is InChI=1S/C25H23F2N3O3/c1-33-22-9-3-2-6-17(22)16-29-14-5-15-30(25(29)32)19-12-10-18(11-13-19)28-24(31)23-20(26)7-4-8-21(23)27/h2-4,6-13H,5,14-16H2,1H3,(H,28,31). The van der Waals surface area contributed by atoms with Gasteiger partial charge >= 0.3 is 6.03 Å². The van der Waals surface area contributed by atoms with Crippen molar-refractivity contribution in [2.75, 3.05) is 30.4 Å². The Hall–Kier alpha value is -3.94. The van der Waals surface area contributed by atoms with Gasteiger partial charge in [-0.3, -0.25) is 9.69 Å². The van der Waals surface area contributed by atoms with Crippen molar-refractivity contribution < 1.29 is 23.1 Å². The molecule has 0 aliphatic carbocycles. The molecule has 170 valence electrons. The van der Waals surface area contributed by atoms with Crippen LogP contribution in [0.4, 0.5) is 25.0 Å². The summed E-state index contributed by atoms with van der Waals surface area (Å²) in [5.74, 6) is -2.01. The minimum Gasteiger partial charge on any atom is -0.496 e. The number of halogens is 2. The second-order valence-corrected chi connectivity index (χ2v) is 7.62. The SMILES string of the molecule is COc1ccccc1CN1CCCN(c2ccc(NC(=O)c3c(F)cccc3F)cc2)C1=O. The van der Waals surface area contributed by atoms with Crippen LogP contribution in [0.1, 0.15) is 22.3 Å². The monoisotopic (exact) mass is 451 g/mol. The number of nitrogens with one attached hydrogen (secondary N) is 1. The smallest absolute Gasteiger partial charge is 0.324 e. The molecular weight excluding hydrogens is 428 g/mol. The first-order valence-corrected chi connectivity index (χ1v) is 10.5. The largest absolute Gasteiger partial charge is 0.496 e. The number of carbonyl (C=O) groups is 2. The van der Waals surface area contributed by atoms with Crippen LogP contribution in [0.25, 0.3) is 0 Å². The highest BCUT2D eigenvalue weighted by molar-refractivity contribution is 6.04. The predicted molar refractivity (Wildman–Crippen MR) is 122 cm³/mol. The van der Waals surface area contributed by atoms with Crippen molar-refractivity contribution in [1.29, 1.82) is 0 Å². The topological polar surface area (TPSA) is 61.9 Å². The van der Waals surface area contributed by atoms with E-state index >= 15 is 0 Å². The number of para-hydroxylation sites is 1. The molecule has 33 heavy (non-hydrogen) atoms. The van der Waals surface area contributed by atoms with E-state index < -0.39 is 23.1 Å². The van der Waals surface area contributed by atoms with Gasteiger partial charge in [-0.1, -0.05) is 24.3 Å². The summed E-state index contributed by atoms with van der Waals surface area (Å²) in [5, 5.41) is 2.49. The first-order chi connectivity index (χ1) is 16.0. The third-order valence-corrected chi connectivity index (χ3v) is 5.49. The molecule has 0 spiro atoms. The Morgan fingerprint density at radius 1 is 0.970 bits per heavy atom. The van der Waals surface area contributed by atoms with Crippen molar-refractivity contribution in [2.45, 2.75) is 13.0 Å². The highest BCUT2D eigenvalue weighted by Gasteiger charge is 2.27. The quantitative estimate of drug-likeness (QED) is 0.570. The molecule has 0 unspecified atom stereocenters.